The van der Waals surface area contributed by atoms with Crippen molar-refractivity contribution in [3.05, 3.63) is 29.8 Å². The largest absolute Gasteiger partial charge is 0.351 e. The van der Waals surface area contributed by atoms with Gasteiger partial charge in [0.1, 0.15) is 0 Å². The van der Waals surface area contributed by atoms with Crippen LogP contribution in [0.4, 0.5) is 0 Å². The molecule has 0 saturated carbocycles. The Bertz CT molecular complexity index is 391. The molecule has 1 aliphatic rings. The Morgan fingerprint density at radius 1 is 1.37 bits per heavy atom. The van der Waals surface area contributed by atoms with Crippen LogP contribution >= 0.6 is 24.2 Å². The maximum absolute atomic E-state index is 11.9. The van der Waals surface area contributed by atoms with Gasteiger partial charge in [-0.1, -0.05) is 18.6 Å². The van der Waals surface area contributed by atoms with E-state index in [2.05, 4.69) is 41.2 Å². The smallest absolute Gasteiger partial charge is 0.237 e. The summed E-state index contributed by atoms with van der Waals surface area (Å²) in [4.78, 5) is 13.2. The van der Waals surface area contributed by atoms with Gasteiger partial charge in [0.2, 0.25) is 5.91 Å². The number of halogens is 1. The van der Waals surface area contributed by atoms with Gasteiger partial charge >= 0.3 is 0 Å². The third kappa shape index (κ3) is 5.05. The van der Waals surface area contributed by atoms with Gasteiger partial charge in [0.05, 0.1) is 6.04 Å². The lowest BCUT2D eigenvalue weighted by Gasteiger charge is -2.22. The molecule has 0 unspecified atom stereocenters. The van der Waals surface area contributed by atoms with Crippen molar-refractivity contribution in [3.63, 3.8) is 0 Å². The minimum absolute atomic E-state index is 0. The van der Waals surface area contributed by atoms with E-state index in [1.807, 2.05) is 0 Å². The number of nitrogens with one attached hydrogen (secondary N) is 2. The zero-order valence-electron chi connectivity index (χ0n) is 11.1. The van der Waals surface area contributed by atoms with Crippen LogP contribution in [0.5, 0.6) is 0 Å². The quantitative estimate of drug-likeness (QED) is 0.840. The van der Waals surface area contributed by atoms with Crippen molar-refractivity contribution in [1.82, 2.24) is 10.6 Å². The highest BCUT2D eigenvalue weighted by Gasteiger charge is 2.19. The number of benzene rings is 1. The van der Waals surface area contributed by atoms with Gasteiger partial charge in [0.25, 0.3) is 0 Å². The lowest BCUT2D eigenvalue weighted by atomic mass is 10.0. The molecule has 106 valence electrons. The summed E-state index contributed by atoms with van der Waals surface area (Å²) < 4.78 is 0. The SMILES string of the molecule is CSc1ccc(CNC(=O)[C@@H]2CCCCN2)cc1.Cl. The van der Waals surface area contributed by atoms with E-state index in [-0.39, 0.29) is 24.4 Å². The fraction of sp³-hybridized carbons (Fsp3) is 0.500. The van der Waals surface area contributed by atoms with Gasteiger partial charge < -0.3 is 10.6 Å². The van der Waals surface area contributed by atoms with Crippen LogP contribution in [0.1, 0.15) is 24.8 Å². The molecule has 0 aromatic heterocycles. The van der Waals surface area contributed by atoms with E-state index < -0.39 is 0 Å². The summed E-state index contributed by atoms with van der Waals surface area (Å²) >= 11 is 1.73. The Kier molecular flexibility index (Phi) is 7.28. The third-order valence-electron chi connectivity index (χ3n) is 3.25. The minimum atomic E-state index is 0. The highest BCUT2D eigenvalue weighted by atomic mass is 35.5. The van der Waals surface area contributed by atoms with Crippen molar-refractivity contribution >= 4 is 30.1 Å². The normalized spacial score (nSPS) is 18.5. The summed E-state index contributed by atoms with van der Waals surface area (Å²) in [7, 11) is 0. The molecule has 1 aromatic carbocycles. The molecule has 2 rings (SSSR count). The summed E-state index contributed by atoms with van der Waals surface area (Å²) in [5.41, 5.74) is 1.15. The molecule has 1 saturated heterocycles. The molecule has 3 nitrogen and oxygen atoms in total. The molecular weight excluding hydrogens is 280 g/mol. The number of piperidine rings is 1. The number of thioether (sulfide) groups is 1. The average Bonchev–Trinajstić information content (AvgIpc) is 2.46. The number of rotatable bonds is 4. The van der Waals surface area contributed by atoms with E-state index in [4.69, 9.17) is 0 Å². The van der Waals surface area contributed by atoms with Crippen LogP contribution in [0.15, 0.2) is 29.2 Å². The second kappa shape index (κ2) is 8.46. The van der Waals surface area contributed by atoms with Gasteiger partial charge in [-0.05, 0) is 43.3 Å². The molecule has 0 aliphatic carbocycles. The summed E-state index contributed by atoms with van der Waals surface area (Å²) in [6.07, 6.45) is 5.34. The maximum atomic E-state index is 11.9. The molecule has 1 heterocycles. The van der Waals surface area contributed by atoms with E-state index in [1.54, 1.807) is 11.8 Å². The summed E-state index contributed by atoms with van der Waals surface area (Å²) in [5.74, 6) is 0.128. The third-order valence-corrected chi connectivity index (χ3v) is 4.00. The molecule has 1 fully saturated rings. The van der Waals surface area contributed by atoms with Crippen molar-refractivity contribution in [2.45, 2.75) is 36.7 Å². The highest BCUT2D eigenvalue weighted by Crippen LogP contribution is 2.14. The Hall–Kier alpha value is -0.710. The monoisotopic (exact) mass is 300 g/mol. The Labute approximate surface area is 125 Å². The number of carbonyl (C=O) groups is 1. The van der Waals surface area contributed by atoms with Gasteiger partial charge in [-0.2, -0.15) is 0 Å². The first-order valence-electron chi connectivity index (χ1n) is 6.43. The molecule has 2 N–H and O–H groups in total. The van der Waals surface area contributed by atoms with Crippen LogP contribution in [-0.4, -0.2) is 24.7 Å². The van der Waals surface area contributed by atoms with Crippen molar-refractivity contribution in [1.29, 1.82) is 0 Å². The van der Waals surface area contributed by atoms with E-state index in [1.165, 1.54) is 11.3 Å². The maximum Gasteiger partial charge on any atom is 0.237 e. The van der Waals surface area contributed by atoms with Gasteiger partial charge in [-0.25, -0.2) is 0 Å². The number of hydrogen-bond donors (Lipinski definition) is 2. The van der Waals surface area contributed by atoms with Gasteiger partial charge in [-0.15, -0.1) is 24.2 Å². The molecular formula is C14H21ClN2OS. The molecule has 1 aliphatic heterocycles. The van der Waals surface area contributed by atoms with E-state index in [0.29, 0.717) is 6.54 Å². The van der Waals surface area contributed by atoms with Crippen LogP contribution in [-0.2, 0) is 11.3 Å². The number of amides is 1. The first-order chi connectivity index (χ1) is 8.79. The van der Waals surface area contributed by atoms with Gasteiger partial charge in [0, 0.05) is 11.4 Å². The predicted octanol–water partition coefficient (Wildman–Crippen LogP) is 2.59. The van der Waals surface area contributed by atoms with Crippen molar-refractivity contribution in [2.75, 3.05) is 12.8 Å². The number of hydrogen-bond acceptors (Lipinski definition) is 3. The van der Waals surface area contributed by atoms with E-state index in [0.717, 1.165) is 24.9 Å². The highest BCUT2D eigenvalue weighted by molar-refractivity contribution is 7.98. The second-order valence-electron chi connectivity index (χ2n) is 4.57. The summed E-state index contributed by atoms with van der Waals surface area (Å²) in [5, 5.41) is 6.26. The van der Waals surface area contributed by atoms with Crippen LogP contribution in [0, 0.1) is 0 Å². The minimum Gasteiger partial charge on any atom is -0.351 e. The molecule has 0 radical (unpaired) electrons. The molecule has 1 atom stereocenters. The zero-order chi connectivity index (χ0) is 12.8. The predicted molar refractivity (Wildman–Crippen MR) is 83.0 cm³/mol. The van der Waals surface area contributed by atoms with Crippen molar-refractivity contribution in [3.8, 4) is 0 Å². The molecule has 0 spiro atoms. The zero-order valence-corrected chi connectivity index (χ0v) is 12.8. The van der Waals surface area contributed by atoms with E-state index in [9.17, 15) is 4.79 Å². The van der Waals surface area contributed by atoms with Crippen LogP contribution in [0.3, 0.4) is 0 Å². The molecule has 1 amide bonds. The first-order valence-corrected chi connectivity index (χ1v) is 7.66. The average molecular weight is 301 g/mol. The lowest BCUT2D eigenvalue weighted by Crippen LogP contribution is -2.46. The Morgan fingerprint density at radius 3 is 2.68 bits per heavy atom. The molecule has 1 aromatic rings. The fourth-order valence-corrected chi connectivity index (χ4v) is 2.54. The topological polar surface area (TPSA) is 41.1 Å². The Balaban J connectivity index is 0.00000180. The molecule has 0 bridgehead atoms. The lowest BCUT2D eigenvalue weighted by molar-refractivity contribution is -0.123. The molecule has 5 heteroatoms. The second-order valence-corrected chi connectivity index (χ2v) is 5.45. The Morgan fingerprint density at radius 2 is 2.11 bits per heavy atom. The summed E-state index contributed by atoms with van der Waals surface area (Å²) in [6.45, 7) is 1.58. The van der Waals surface area contributed by atoms with Crippen LogP contribution < -0.4 is 10.6 Å². The van der Waals surface area contributed by atoms with Gasteiger partial charge in [-0.3, -0.25) is 4.79 Å². The van der Waals surface area contributed by atoms with Crippen LogP contribution in [0.25, 0.3) is 0 Å². The fourth-order valence-electron chi connectivity index (χ4n) is 2.13. The van der Waals surface area contributed by atoms with Gasteiger partial charge in [0.15, 0.2) is 0 Å². The summed E-state index contributed by atoms with van der Waals surface area (Å²) in [6, 6.07) is 8.32. The first kappa shape index (κ1) is 16.3. The standard InChI is InChI=1S/C14H20N2OS.ClH/c1-18-12-7-5-11(6-8-12)10-16-14(17)13-4-2-3-9-15-13;/h5-8,13,15H,2-4,9-10H2,1H3,(H,16,17);1H/t13-;/m0./s1. The molecule has 19 heavy (non-hydrogen) atoms. The van der Waals surface area contributed by atoms with Crippen molar-refractivity contribution in [2.24, 2.45) is 0 Å². The van der Waals surface area contributed by atoms with Crippen molar-refractivity contribution < 1.29 is 4.79 Å². The number of carbonyl (C=O) groups excluding carboxylic acids is 1. The van der Waals surface area contributed by atoms with E-state index >= 15 is 0 Å². The van der Waals surface area contributed by atoms with Crippen LogP contribution in [0.2, 0.25) is 0 Å².